The molecule has 0 aliphatic heterocycles. The SMILES string of the molecule is CCCC(N)C(=O)NCC(O)c1ccccc1. The molecule has 1 aromatic rings. The molecule has 0 radical (unpaired) electrons. The van der Waals surface area contributed by atoms with Crippen LogP contribution in [-0.4, -0.2) is 23.6 Å². The molecular formula is C13H20N2O2. The van der Waals surface area contributed by atoms with Gasteiger partial charge in [0, 0.05) is 6.54 Å². The highest BCUT2D eigenvalue weighted by molar-refractivity contribution is 5.81. The van der Waals surface area contributed by atoms with E-state index in [1.807, 2.05) is 37.3 Å². The summed E-state index contributed by atoms with van der Waals surface area (Å²) in [6, 6.07) is 8.74. The van der Waals surface area contributed by atoms with Crippen molar-refractivity contribution in [3.63, 3.8) is 0 Å². The van der Waals surface area contributed by atoms with E-state index in [2.05, 4.69) is 5.32 Å². The summed E-state index contributed by atoms with van der Waals surface area (Å²) in [5.74, 6) is -0.207. The van der Waals surface area contributed by atoms with E-state index >= 15 is 0 Å². The second kappa shape index (κ2) is 7.04. The molecule has 4 heteroatoms. The van der Waals surface area contributed by atoms with Crippen LogP contribution in [0.1, 0.15) is 31.4 Å². The minimum Gasteiger partial charge on any atom is -0.387 e. The lowest BCUT2D eigenvalue weighted by molar-refractivity contribution is -0.123. The lowest BCUT2D eigenvalue weighted by Gasteiger charge is -2.15. The molecule has 4 N–H and O–H groups in total. The average molecular weight is 236 g/mol. The molecular weight excluding hydrogens is 216 g/mol. The maximum absolute atomic E-state index is 11.5. The van der Waals surface area contributed by atoms with Crippen LogP contribution in [0.2, 0.25) is 0 Å². The fourth-order valence-electron chi connectivity index (χ4n) is 1.56. The maximum atomic E-state index is 11.5. The quantitative estimate of drug-likeness (QED) is 0.688. The highest BCUT2D eigenvalue weighted by atomic mass is 16.3. The molecule has 0 spiro atoms. The number of nitrogens with two attached hydrogens (primary N) is 1. The topological polar surface area (TPSA) is 75.4 Å². The Kier molecular flexibility index (Phi) is 5.66. The van der Waals surface area contributed by atoms with Gasteiger partial charge in [0.05, 0.1) is 12.1 Å². The Balaban J connectivity index is 2.38. The van der Waals surface area contributed by atoms with Gasteiger partial charge in [-0.2, -0.15) is 0 Å². The second-order valence-corrected chi connectivity index (χ2v) is 4.07. The van der Waals surface area contributed by atoms with Crippen LogP contribution in [0.25, 0.3) is 0 Å². The second-order valence-electron chi connectivity index (χ2n) is 4.07. The van der Waals surface area contributed by atoms with E-state index in [1.165, 1.54) is 0 Å². The zero-order chi connectivity index (χ0) is 12.7. The van der Waals surface area contributed by atoms with Crippen LogP contribution in [0.5, 0.6) is 0 Å². The third-order valence-electron chi connectivity index (χ3n) is 2.59. The van der Waals surface area contributed by atoms with Crippen LogP contribution in [0.4, 0.5) is 0 Å². The van der Waals surface area contributed by atoms with Crippen molar-refractivity contribution in [1.82, 2.24) is 5.32 Å². The monoisotopic (exact) mass is 236 g/mol. The first-order chi connectivity index (χ1) is 8.15. The molecule has 0 saturated carbocycles. The van der Waals surface area contributed by atoms with Gasteiger partial charge < -0.3 is 16.2 Å². The fourth-order valence-corrected chi connectivity index (χ4v) is 1.56. The van der Waals surface area contributed by atoms with Gasteiger partial charge in [-0.15, -0.1) is 0 Å². The van der Waals surface area contributed by atoms with Gasteiger partial charge in [0.1, 0.15) is 0 Å². The van der Waals surface area contributed by atoms with Gasteiger partial charge in [0.2, 0.25) is 5.91 Å². The number of benzene rings is 1. The normalized spacial score (nSPS) is 14.1. The number of hydrogen-bond acceptors (Lipinski definition) is 3. The smallest absolute Gasteiger partial charge is 0.237 e. The summed E-state index contributed by atoms with van der Waals surface area (Å²) >= 11 is 0. The van der Waals surface area contributed by atoms with Gasteiger partial charge >= 0.3 is 0 Å². The summed E-state index contributed by atoms with van der Waals surface area (Å²) in [5.41, 5.74) is 6.45. The number of aliphatic hydroxyl groups is 1. The Labute approximate surface area is 102 Å². The molecule has 94 valence electrons. The van der Waals surface area contributed by atoms with Crippen molar-refractivity contribution in [2.24, 2.45) is 5.73 Å². The first kappa shape index (κ1) is 13.7. The van der Waals surface area contributed by atoms with E-state index < -0.39 is 12.1 Å². The molecule has 2 unspecified atom stereocenters. The third kappa shape index (κ3) is 4.54. The standard InChI is InChI=1S/C13H20N2O2/c1-2-6-11(14)13(17)15-9-12(16)10-7-4-3-5-8-10/h3-5,7-8,11-12,16H,2,6,9,14H2,1H3,(H,15,17). The zero-order valence-corrected chi connectivity index (χ0v) is 10.1. The van der Waals surface area contributed by atoms with Crippen molar-refractivity contribution < 1.29 is 9.90 Å². The first-order valence-electron chi connectivity index (χ1n) is 5.91. The van der Waals surface area contributed by atoms with E-state index in [0.717, 1.165) is 12.0 Å². The van der Waals surface area contributed by atoms with Gasteiger partial charge in [0.25, 0.3) is 0 Å². The molecule has 0 aliphatic rings. The average Bonchev–Trinajstić information content (AvgIpc) is 2.36. The van der Waals surface area contributed by atoms with Crippen LogP contribution in [0.3, 0.4) is 0 Å². The van der Waals surface area contributed by atoms with Crippen LogP contribution in [0.15, 0.2) is 30.3 Å². The van der Waals surface area contributed by atoms with Gasteiger partial charge in [-0.1, -0.05) is 43.7 Å². The zero-order valence-electron chi connectivity index (χ0n) is 10.1. The molecule has 0 heterocycles. The predicted octanol–water partition coefficient (Wildman–Crippen LogP) is 0.964. The van der Waals surface area contributed by atoms with E-state index in [9.17, 15) is 9.90 Å². The van der Waals surface area contributed by atoms with Crippen LogP contribution in [-0.2, 0) is 4.79 Å². The van der Waals surface area contributed by atoms with Crippen molar-refractivity contribution in [2.75, 3.05) is 6.54 Å². The number of nitrogens with one attached hydrogen (secondary N) is 1. The Morgan fingerprint density at radius 2 is 2.06 bits per heavy atom. The molecule has 1 amide bonds. The van der Waals surface area contributed by atoms with Gasteiger partial charge in [-0.25, -0.2) is 0 Å². The summed E-state index contributed by atoms with van der Waals surface area (Å²) < 4.78 is 0. The number of carbonyl (C=O) groups is 1. The number of aliphatic hydroxyl groups excluding tert-OH is 1. The minimum atomic E-state index is -0.686. The lowest BCUT2D eigenvalue weighted by Crippen LogP contribution is -2.41. The van der Waals surface area contributed by atoms with Crippen molar-refractivity contribution in [3.8, 4) is 0 Å². The van der Waals surface area contributed by atoms with E-state index in [0.29, 0.717) is 6.42 Å². The van der Waals surface area contributed by atoms with Crippen molar-refractivity contribution >= 4 is 5.91 Å². The molecule has 0 aliphatic carbocycles. The third-order valence-corrected chi connectivity index (χ3v) is 2.59. The van der Waals surface area contributed by atoms with Crippen molar-refractivity contribution in [1.29, 1.82) is 0 Å². The Bertz CT molecular complexity index is 341. The van der Waals surface area contributed by atoms with Gasteiger partial charge in [-0.05, 0) is 12.0 Å². The van der Waals surface area contributed by atoms with Crippen molar-refractivity contribution in [2.45, 2.75) is 31.9 Å². The molecule has 0 aromatic heterocycles. The predicted molar refractivity (Wildman–Crippen MR) is 67.3 cm³/mol. The number of carbonyl (C=O) groups excluding carboxylic acids is 1. The molecule has 2 atom stereocenters. The van der Waals surface area contributed by atoms with Crippen molar-refractivity contribution in [3.05, 3.63) is 35.9 Å². The summed E-state index contributed by atoms with van der Waals surface area (Å²) in [6.07, 6.45) is 0.845. The Hall–Kier alpha value is -1.39. The molecule has 0 saturated heterocycles. The maximum Gasteiger partial charge on any atom is 0.237 e. The van der Waals surface area contributed by atoms with E-state index in [-0.39, 0.29) is 12.5 Å². The van der Waals surface area contributed by atoms with Crippen LogP contribution in [0, 0.1) is 0 Å². The van der Waals surface area contributed by atoms with E-state index in [4.69, 9.17) is 5.73 Å². The highest BCUT2D eigenvalue weighted by Crippen LogP contribution is 2.10. The number of hydrogen-bond donors (Lipinski definition) is 3. The van der Waals surface area contributed by atoms with Gasteiger partial charge in [-0.3, -0.25) is 4.79 Å². The number of amides is 1. The summed E-state index contributed by atoms with van der Waals surface area (Å²) in [4.78, 5) is 11.5. The Morgan fingerprint density at radius 1 is 1.41 bits per heavy atom. The minimum absolute atomic E-state index is 0.195. The fraction of sp³-hybridized carbons (Fsp3) is 0.462. The largest absolute Gasteiger partial charge is 0.387 e. The number of rotatable bonds is 6. The highest BCUT2D eigenvalue weighted by Gasteiger charge is 2.14. The summed E-state index contributed by atoms with van der Waals surface area (Å²) in [6.45, 7) is 2.17. The van der Waals surface area contributed by atoms with Crippen LogP contribution < -0.4 is 11.1 Å². The summed E-state index contributed by atoms with van der Waals surface area (Å²) in [7, 11) is 0. The van der Waals surface area contributed by atoms with E-state index in [1.54, 1.807) is 0 Å². The lowest BCUT2D eigenvalue weighted by atomic mass is 10.1. The van der Waals surface area contributed by atoms with Gasteiger partial charge in [0.15, 0.2) is 0 Å². The van der Waals surface area contributed by atoms with Crippen LogP contribution >= 0.6 is 0 Å². The molecule has 4 nitrogen and oxygen atoms in total. The molecule has 1 rings (SSSR count). The Morgan fingerprint density at radius 3 is 2.65 bits per heavy atom. The first-order valence-corrected chi connectivity index (χ1v) is 5.91. The molecule has 0 fully saturated rings. The molecule has 1 aromatic carbocycles. The molecule has 17 heavy (non-hydrogen) atoms. The summed E-state index contributed by atoms with van der Waals surface area (Å²) in [5, 5.41) is 12.5. The molecule has 0 bridgehead atoms.